The van der Waals surface area contributed by atoms with Crippen molar-refractivity contribution in [1.29, 1.82) is 5.26 Å². The number of rotatable bonds is 9. The average Bonchev–Trinajstić information content (AvgIpc) is 3.91. The van der Waals surface area contributed by atoms with Gasteiger partial charge in [-0.1, -0.05) is 30.8 Å². The summed E-state index contributed by atoms with van der Waals surface area (Å²) in [4.78, 5) is 27.9. The predicted molar refractivity (Wildman–Crippen MR) is 171 cm³/mol. The van der Waals surface area contributed by atoms with Gasteiger partial charge in [-0.25, -0.2) is 8.78 Å². The largest absolute Gasteiger partial charge is 0.463 e. The Morgan fingerprint density at radius 2 is 1.93 bits per heavy atom. The summed E-state index contributed by atoms with van der Waals surface area (Å²) in [6.45, 7) is 7.57. The Labute approximate surface area is 267 Å². The molecule has 4 fully saturated rings. The molecule has 1 amide bonds. The van der Waals surface area contributed by atoms with Crippen molar-refractivity contribution in [1.82, 2.24) is 19.8 Å². The molecule has 0 spiro atoms. The molecule has 46 heavy (non-hydrogen) atoms. The van der Waals surface area contributed by atoms with Gasteiger partial charge < -0.3 is 19.4 Å². The van der Waals surface area contributed by atoms with Crippen molar-refractivity contribution in [2.45, 2.75) is 56.9 Å². The van der Waals surface area contributed by atoms with E-state index >= 15 is 4.39 Å². The third-order valence-corrected chi connectivity index (χ3v) is 10.9. The number of anilines is 1. The van der Waals surface area contributed by atoms with Crippen molar-refractivity contribution in [3.63, 3.8) is 0 Å². The van der Waals surface area contributed by atoms with Crippen molar-refractivity contribution in [2.75, 3.05) is 50.8 Å². The number of amides is 1. The highest BCUT2D eigenvalue weighted by molar-refractivity contribution is 5.94. The lowest BCUT2D eigenvalue weighted by atomic mass is 9.93. The third-order valence-electron chi connectivity index (χ3n) is 10.9. The highest BCUT2D eigenvalue weighted by Gasteiger charge is 2.46. The summed E-state index contributed by atoms with van der Waals surface area (Å²) < 4.78 is 36.9. The van der Waals surface area contributed by atoms with E-state index in [9.17, 15) is 14.4 Å². The molecule has 0 radical (unpaired) electrons. The third kappa shape index (κ3) is 5.19. The maximum atomic E-state index is 16.8. The summed E-state index contributed by atoms with van der Waals surface area (Å²) in [6, 6.07) is 11.6. The summed E-state index contributed by atoms with van der Waals surface area (Å²) >= 11 is 0. The maximum Gasteiger partial charge on any atom is 0.319 e. The molecule has 3 aromatic rings. The molecule has 1 aromatic heterocycles. The van der Waals surface area contributed by atoms with Crippen molar-refractivity contribution in [3.8, 4) is 23.2 Å². The van der Waals surface area contributed by atoms with Gasteiger partial charge in [0.25, 0.3) is 5.91 Å². The van der Waals surface area contributed by atoms with E-state index < -0.39 is 23.6 Å². The van der Waals surface area contributed by atoms with Crippen LogP contribution < -0.4 is 9.64 Å². The topological polar surface area (TPSA) is 85.6 Å². The standard InChI is InChI=1S/C36H38F2N6O2/c1-22(37)34(45)44-16-15-43(19-24(44)9-12-39)33-28-8-7-27(25-5-4-6-26-29-17-23(29)18-30(25)26)31(38)32(28)40-35(41-33)46-21-36(10-11-36)20-42-13-2-3-14-42/h4-8,23-24,29H,1-3,9-11,13-21H2/t23?,24-,29?/m0/s1. The number of benzene rings is 2. The van der Waals surface area contributed by atoms with Crippen LogP contribution in [-0.4, -0.2) is 77.6 Å². The van der Waals surface area contributed by atoms with Gasteiger partial charge in [-0.3, -0.25) is 4.79 Å². The molecule has 3 heterocycles. The SMILES string of the molecule is C=C(F)C(=O)N1CCN(c2nc(OCC3(CN4CCCC4)CC3)nc3c(F)c(-c4cccc5c4CC4CC54)ccc23)C[C@@H]1CC#N. The average molecular weight is 625 g/mol. The van der Waals surface area contributed by atoms with Crippen LogP contribution in [0.3, 0.4) is 0 Å². The molecule has 5 aliphatic rings. The second kappa shape index (κ2) is 11.3. The molecule has 0 bridgehead atoms. The number of aromatic nitrogens is 2. The van der Waals surface area contributed by atoms with Gasteiger partial charge in [0.1, 0.15) is 11.3 Å². The lowest BCUT2D eigenvalue weighted by Crippen LogP contribution is -2.55. The van der Waals surface area contributed by atoms with Gasteiger partial charge in [0, 0.05) is 42.5 Å². The smallest absolute Gasteiger partial charge is 0.319 e. The van der Waals surface area contributed by atoms with Gasteiger partial charge in [0.2, 0.25) is 0 Å². The normalized spacial score (nSPS) is 24.4. The minimum absolute atomic E-state index is 0.0144. The van der Waals surface area contributed by atoms with Gasteiger partial charge in [0.05, 0.1) is 25.1 Å². The van der Waals surface area contributed by atoms with Gasteiger partial charge in [-0.2, -0.15) is 15.2 Å². The Kier molecular flexibility index (Phi) is 7.20. The van der Waals surface area contributed by atoms with E-state index in [4.69, 9.17) is 14.7 Å². The molecular formula is C36H38F2N6O2. The van der Waals surface area contributed by atoms with E-state index in [1.807, 2.05) is 29.2 Å². The van der Waals surface area contributed by atoms with Crippen LogP contribution in [0.1, 0.15) is 55.6 Å². The van der Waals surface area contributed by atoms with Crippen LogP contribution in [0.5, 0.6) is 6.01 Å². The fourth-order valence-electron chi connectivity index (χ4n) is 8.10. The van der Waals surface area contributed by atoms with E-state index in [0.29, 0.717) is 41.8 Å². The molecule has 2 unspecified atom stereocenters. The zero-order valence-electron chi connectivity index (χ0n) is 26.0. The number of piperazine rings is 1. The number of hydrogen-bond donors (Lipinski definition) is 0. The second-order valence-electron chi connectivity index (χ2n) is 14.0. The first kappa shape index (κ1) is 29.3. The first-order valence-electron chi connectivity index (χ1n) is 16.6. The van der Waals surface area contributed by atoms with E-state index in [2.05, 4.69) is 23.6 Å². The van der Waals surface area contributed by atoms with Gasteiger partial charge in [-0.15, -0.1) is 0 Å². The molecule has 2 saturated carbocycles. The number of carbonyl (C=O) groups excluding carboxylic acids is 1. The van der Waals surface area contributed by atoms with E-state index in [1.54, 1.807) is 0 Å². The number of likely N-dealkylation sites (tertiary alicyclic amines) is 1. The number of fused-ring (bicyclic) bond motifs is 4. The fourth-order valence-corrected chi connectivity index (χ4v) is 8.10. The Morgan fingerprint density at radius 1 is 1.11 bits per heavy atom. The van der Waals surface area contributed by atoms with Crippen LogP contribution in [-0.2, 0) is 11.2 Å². The Hall–Kier alpha value is -4.10. The van der Waals surface area contributed by atoms with E-state index in [-0.39, 0.29) is 36.5 Å². The Balaban J connectivity index is 1.16. The van der Waals surface area contributed by atoms with Gasteiger partial charge >= 0.3 is 6.01 Å². The molecule has 8 rings (SSSR count). The number of ether oxygens (including phenoxy) is 1. The van der Waals surface area contributed by atoms with Crippen LogP contribution >= 0.6 is 0 Å². The summed E-state index contributed by atoms with van der Waals surface area (Å²) in [5.74, 6) is -0.512. The molecule has 0 N–H and O–H groups in total. The van der Waals surface area contributed by atoms with Gasteiger partial charge in [0.15, 0.2) is 11.6 Å². The predicted octanol–water partition coefficient (Wildman–Crippen LogP) is 5.76. The lowest BCUT2D eigenvalue weighted by Gasteiger charge is -2.41. The van der Waals surface area contributed by atoms with E-state index in [1.165, 1.54) is 35.3 Å². The van der Waals surface area contributed by atoms with Crippen LogP contribution in [0.15, 0.2) is 42.7 Å². The van der Waals surface area contributed by atoms with Gasteiger partial charge in [-0.05, 0) is 86.2 Å². The summed E-state index contributed by atoms with van der Waals surface area (Å²) in [7, 11) is 0. The molecule has 10 heteroatoms. The number of nitrogens with zero attached hydrogens (tertiary/aromatic N) is 6. The van der Waals surface area contributed by atoms with Crippen molar-refractivity contribution in [3.05, 3.63) is 59.7 Å². The minimum Gasteiger partial charge on any atom is -0.463 e. The molecule has 2 saturated heterocycles. The fraction of sp³-hybridized carbons (Fsp3) is 0.500. The summed E-state index contributed by atoms with van der Waals surface area (Å²) in [5.41, 5.74) is 4.27. The van der Waals surface area contributed by atoms with Crippen molar-refractivity contribution >= 4 is 22.6 Å². The molecule has 3 atom stereocenters. The van der Waals surface area contributed by atoms with Crippen molar-refractivity contribution < 1.29 is 18.3 Å². The number of carbonyl (C=O) groups is 1. The summed E-state index contributed by atoms with van der Waals surface area (Å²) in [6.07, 6.45) is 6.83. The lowest BCUT2D eigenvalue weighted by molar-refractivity contribution is -0.131. The Bertz CT molecular complexity index is 1780. The maximum absolute atomic E-state index is 16.8. The molecule has 238 valence electrons. The quantitative estimate of drug-likeness (QED) is 0.280. The molecule has 2 aromatic carbocycles. The molecule has 8 nitrogen and oxygen atoms in total. The number of halogens is 2. The first-order valence-corrected chi connectivity index (χ1v) is 16.6. The number of hydrogen-bond acceptors (Lipinski definition) is 7. The molecular weight excluding hydrogens is 586 g/mol. The monoisotopic (exact) mass is 624 g/mol. The second-order valence-corrected chi connectivity index (χ2v) is 14.0. The molecule has 2 aliphatic heterocycles. The van der Waals surface area contributed by atoms with Crippen molar-refractivity contribution in [2.24, 2.45) is 11.3 Å². The minimum atomic E-state index is -1.05. The molecule has 3 aliphatic carbocycles. The van der Waals surface area contributed by atoms with Crippen LogP contribution in [0.4, 0.5) is 14.6 Å². The number of nitriles is 1. The Morgan fingerprint density at radius 3 is 2.70 bits per heavy atom. The van der Waals surface area contributed by atoms with Crippen LogP contribution in [0, 0.1) is 28.5 Å². The highest BCUT2D eigenvalue weighted by atomic mass is 19.1. The highest BCUT2D eigenvalue weighted by Crippen LogP contribution is 2.58. The zero-order chi connectivity index (χ0) is 31.6. The first-order chi connectivity index (χ1) is 22.3. The van der Waals surface area contributed by atoms with Crippen LogP contribution in [0.2, 0.25) is 0 Å². The van der Waals surface area contributed by atoms with E-state index in [0.717, 1.165) is 44.5 Å². The zero-order valence-corrected chi connectivity index (χ0v) is 26.0. The summed E-state index contributed by atoms with van der Waals surface area (Å²) in [5, 5.41) is 10.1. The van der Waals surface area contributed by atoms with Crippen LogP contribution in [0.25, 0.3) is 22.0 Å².